The van der Waals surface area contributed by atoms with Gasteiger partial charge in [0, 0.05) is 37.9 Å². The molecule has 1 amide bonds. The van der Waals surface area contributed by atoms with E-state index in [1.807, 2.05) is 31.0 Å². The summed E-state index contributed by atoms with van der Waals surface area (Å²) in [4.78, 5) is 47.8. The van der Waals surface area contributed by atoms with Crippen molar-refractivity contribution in [3.05, 3.63) is 66.6 Å². The number of rotatable bonds is 7. The number of carbonyl (C=O) groups excluding carboxylic acids is 2. The highest BCUT2D eigenvalue weighted by atomic mass is 16.5. The molecule has 0 unspecified atom stereocenters. The summed E-state index contributed by atoms with van der Waals surface area (Å²) in [6.07, 6.45) is 3.01. The van der Waals surface area contributed by atoms with Gasteiger partial charge < -0.3 is 24.6 Å². The summed E-state index contributed by atoms with van der Waals surface area (Å²) in [6.45, 7) is 4.88. The normalized spacial score (nSPS) is 14.6. The van der Waals surface area contributed by atoms with Gasteiger partial charge in [-0.2, -0.15) is 0 Å². The van der Waals surface area contributed by atoms with Gasteiger partial charge in [0.05, 0.1) is 18.3 Å². The number of hydrogen-bond acceptors (Lipinski definition) is 10. The van der Waals surface area contributed by atoms with Crippen LogP contribution in [0.5, 0.6) is 11.6 Å². The number of ether oxygens (including phenoxy) is 2. The average Bonchev–Trinajstić information content (AvgIpc) is 2.97. The second-order valence-electron chi connectivity index (χ2n) is 9.26. The van der Waals surface area contributed by atoms with E-state index in [0.717, 1.165) is 13.1 Å². The lowest BCUT2D eigenvalue weighted by molar-refractivity contribution is -0.133. The summed E-state index contributed by atoms with van der Waals surface area (Å²) < 4.78 is 10.8. The van der Waals surface area contributed by atoms with Crippen molar-refractivity contribution in [1.29, 1.82) is 0 Å². The molecular formula is C28H29N7O4. The SMILES string of the molecule is COc1ncc(-c2ccc3ncnc(N[C@@H](C)C(=O)N4CCN(C)CC4)c3n2)cc1C(=O)Oc1ccccc1. The van der Waals surface area contributed by atoms with Crippen LogP contribution in [0.3, 0.4) is 0 Å². The Labute approximate surface area is 225 Å². The van der Waals surface area contributed by atoms with E-state index in [4.69, 9.17) is 14.5 Å². The van der Waals surface area contributed by atoms with Gasteiger partial charge in [-0.15, -0.1) is 0 Å². The minimum Gasteiger partial charge on any atom is -0.480 e. The largest absolute Gasteiger partial charge is 0.480 e. The lowest BCUT2D eigenvalue weighted by Gasteiger charge is -2.34. The molecule has 39 heavy (non-hydrogen) atoms. The predicted octanol–water partition coefficient (Wildman–Crippen LogP) is 2.89. The molecule has 4 aromatic rings. The number of nitrogens with zero attached hydrogens (tertiary/aromatic N) is 6. The molecule has 1 N–H and O–H groups in total. The first-order chi connectivity index (χ1) is 18.9. The number of fused-ring (bicyclic) bond motifs is 1. The molecule has 1 aliphatic heterocycles. The van der Waals surface area contributed by atoms with Gasteiger partial charge in [-0.25, -0.2) is 24.7 Å². The Morgan fingerprint density at radius 3 is 2.51 bits per heavy atom. The van der Waals surface area contributed by atoms with Crippen molar-refractivity contribution in [2.24, 2.45) is 0 Å². The number of amides is 1. The summed E-state index contributed by atoms with van der Waals surface area (Å²) >= 11 is 0. The molecule has 0 saturated carbocycles. The minimum absolute atomic E-state index is 0.00643. The molecule has 1 aromatic carbocycles. The van der Waals surface area contributed by atoms with E-state index < -0.39 is 12.0 Å². The molecule has 0 radical (unpaired) electrons. The fraction of sp³-hybridized carbons (Fsp3) is 0.286. The van der Waals surface area contributed by atoms with E-state index in [0.29, 0.717) is 46.9 Å². The number of benzene rings is 1. The van der Waals surface area contributed by atoms with Crippen LogP contribution in [0.2, 0.25) is 0 Å². The summed E-state index contributed by atoms with van der Waals surface area (Å²) in [7, 11) is 3.49. The van der Waals surface area contributed by atoms with E-state index in [2.05, 4.69) is 25.2 Å². The quantitative estimate of drug-likeness (QED) is 0.283. The predicted molar refractivity (Wildman–Crippen MR) is 146 cm³/mol. The smallest absolute Gasteiger partial charge is 0.349 e. The molecule has 200 valence electrons. The van der Waals surface area contributed by atoms with Crippen LogP contribution in [-0.2, 0) is 4.79 Å². The van der Waals surface area contributed by atoms with E-state index in [-0.39, 0.29) is 17.4 Å². The van der Waals surface area contributed by atoms with E-state index in [1.165, 1.54) is 13.4 Å². The third-order valence-corrected chi connectivity index (χ3v) is 6.53. The van der Waals surface area contributed by atoms with Crippen LogP contribution in [0.25, 0.3) is 22.3 Å². The van der Waals surface area contributed by atoms with Crippen LogP contribution >= 0.6 is 0 Å². The van der Waals surface area contributed by atoms with Crippen molar-refractivity contribution in [2.45, 2.75) is 13.0 Å². The van der Waals surface area contributed by atoms with Crippen LogP contribution < -0.4 is 14.8 Å². The molecule has 3 aromatic heterocycles. The molecule has 4 heterocycles. The van der Waals surface area contributed by atoms with Gasteiger partial charge in [0.2, 0.25) is 11.8 Å². The minimum atomic E-state index is -0.602. The first kappa shape index (κ1) is 26.0. The highest BCUT2D eigenvalue weighted by molar-refractivity contribution is 5.95. The lowest BCUT2D eigenvalue weighted by Crippen LogP contribution is -2.51. The Balaban J connectivity index is 1.42. The Kier molecular flexibility index (Phi) is 7.60. The maximum absolute atomic E-state index is 13.0. The summed E-state index contributed by atoms with van der Waals surface area (Å²) in [5, 5.41) is 3.22. The summed E-state index contributed by atoms with van der Waals surface area (Å²) in [5.41, 5.74) is 2.39. The Bertz CT molecular complexity index is 1490. The molecule has 1 fully saturated rings. The van der Waals surface area contributed by atoms with Crippen molar-refractivity contribution in [3.8, 4) is 22.9 Å². The standard InChI is InChI=1S/C28H29N7O4/c1-18(27(36)35-13-11-34(2)12-14-35)32-25-24-23(30-17-31-25)10-9-22(33-24)19-15-21(26(38-3)29-16-19)28(37)39-20-7-5-4-6-8-20/h4-10,15-18H,11-14H2,1-3H3,(H,30,31,32)/t18-/m0/s1. The number of hydrogen-bond donors (Lipinski definition) is 1. The zero-order valence-corrected chi connectivity index (χ0v) is 22.0. The van der Waals surface area contributed by atoms with Crippen LogP contribution in [0.4, 0.5) is 5.82 Å². The number of anilines is 1. The van der Waals surface area contributed by atoms with Crippen LogP contribution in [-0.4, -0.2) is 88.0 Å². The first-order valence-electron chi connectivity index (χ1n) is 12.6. The second kappa shape index (κ2) is 11.4. The number of likely N-dealkylation sites (N-methyl/N-ethyl adjacent to an activating group) is 1. The Hall–Kier alpha value is -4.64. The van der Waals surface area contributed by atoms with Gasteiger partial charge in [-0.1, -0.05) is 18.2 Å². The second-order valence-corrected chi connectivity index (χ2v) is 9.26. The van der Waals surface area contributed by atoms with Gasteiger partial charge >= 0.3 is 5.97 Å². The first-order valence-corrected chi connectivity index (χ1v) is 12.6. The number of aromatic nitrogens is 4. The monoisotopic (exact) mass is 527 g/mol. The van der Waals surface area contributed by atoms with Gasteiger partial charge in [0.1, 0.15) is 29.2 Å². The third kappa shape index (κ3) is 5.78. The van der Waals surface area contributed by atoms with Gasteiger partial charge in [0.15, 0.2) is 5.82 Å². The maximum Gasteiger partial charge on any atom is 0.349 e. The van der Waals surface area contributed by atoms with Crippen molar-refractivity contribution in [3.63, 3.8) is 0 Å². The Morgan fingerprint density at radius 1 is 1.00 bits per heavy atom. The summed E-state index contributed by atoms with van der Waals surface area (Å²) in [5.74, 6) is 0.401. The molecule has 1 saturated heterocycles. The molecular weight excluding hydrogens is 498 g/mol. The fourth-order valence-electron chi connectivity index (χ4n) is 4.33. The molecule has 1 aliphatic rings. The zero-order valence-electron chi connectivity index (χ0n) is 22.0. The number of methoxy groups -OCH3 is 1. The molecule has 0 spiro atoms. The zero-order chi connectivity index (χ0) is 27.4. The van der Waals surface area contributed by atoms with E-state index in [9.17, 15) is 9.59 Å². The van der Waals surface area contributed by atoms with Crippen LogP contribution in [0.15, 0.2) is 61.1 Å². The topological polar surface area (TPSA) is 123 Å². The van der Waals surface area contributed by atoms with Crippen molar-refractivity contribution >= 4 is 28.7 Å². The number of carbonyl (C=O) groups is 2. The average molecular weight is 528 g/mol. The fourth-order valence-corrected chi connectivity index (χ4v) is 4.33. The molecule has 0 bridgehead atoms. The van der Waals surface area contributed by atoms with Crippen molar-refractivity contribution in [1.82, 2.24) is 29.7 Å². The molecule has 1 atom stereocenters. The number of piperazine rings is 1. The Morgan fingerprint density at radius 2 is 1.77 bits per heavy atom. The number of pyridine rings is 2. The molecule has 11 nitrogen and oxygen atoms in total. The maximum atomic E-state index is 13.0. The van der Waals surface area contributed by atoms with Crippen LogP contribution in [0.1, 0.15) is 17.3 Å². The third-order valence-electron chi connectivity index (χ3n) is 6.53. The van der Waals surface area contributed by atoms with Gasteiger partial charge in [0.25, 0.3) is 0 Å². The number of nitrogens with one attached hydrogen (secondary N) is 1. The lowest BCUT2D eigenvalue weighted by atomic mass is 10.1. The highest BCUT2D eigenvalue weighted by Crippen LogP contribution is 2.27. The number of para-hydroxylation sites is 1. The molecule has 5 rings (SSSR count). The van der Waals surface area contributed by atoms with Gasteiger partial charge in [-0.05, 0) is 44.3 Å². The summed E-state index contributed by atoms with van der Waals surface area (Å²) in [6, 6.07) is 13.5. The molecule has 11 heteroatoms. The van der Waals surface area contributed by atoms with Crippen LogP contribution in [0, 0.1) is 0 Å². The van der Waals surface area contributed by atoms with Gasteiger partial charge in [-0.3, -0.25) is 4.79 Å². The van der Waals surface area contributed by atoms with E-state index in [1.54, 1.807) is 42.6 Å². The highest BCUT2D eigenvalue weighted by Gasteiger charge is 2.25. The molecule has 0 aliphatic carbocycles. The van der Waals surface area contributed by atoms with Crippen molar-refractivity contribution < 1.29 is 19.1 Å². The van der Waals surface area contributed by atoms with Crippen molar-refractivity contribution in [2.75, 3.05) is 45.7 Å². The number of esters is 1. The van der Waals surface area contributed by atoms with E-state index >= 15 is 0 Å².